The monoisotopic (exact) mass is 399 g/mol. The van der Waals surface area contributed by atoms with Crippen molar-refractivity contribution in [3.05, 3.63) is 29.3 Å². The van der Waals surface area contributed by atoms with Gasteiger partial charge in [0.05, 0.1) is 0 Å². The van der Waals surface area contributed by atoms with Crippen molar-refractivity contribution >= 4 is 23.8 Å². The van der Waals surface area contributed by atoms with Crippen LogP contribution in [0.5, 0.6) is 0 Å². The number of aldehydes is 1. The lowest BCUT2D eigenvalue weighted by molar-refractivity contribution is -0.108. The van der Waals surface area contributed by atoms with Crippen molar-refractivity contribution < 1.29 is 14.3 Å². The molecule has 1 amide bonds. The average Bonchev–Trinajstić information content (AvgIpc) is 2.64. The largest absolute Gasteiger partial charge is 0.444 e. The Balaban J connectivity index is 1.82. The first-order valence-electron chi connectivity index (χ1n) is 10.4. The minimum atomic E-state index is -0.487. The van der Waals surface area contributed by atoms with Gasteiger partial charge in [-0.3, -0.25) is 4.99 Å². The van der Waals surface area contributed by atoms with Crippen molar-refractivity contribution in [3.63, 3.8) is 0 Å². The van der Waals surface area contributed by atoms with Crippen molar-refractivity contribution in [1.82, 2.24) is 4.90 Å². The molecule has 0 unspecified atom stereocenters. The Bertz CT molecular complexity index is 810. The van der Waals surface area contributed by atoms with Crippen LogP contribution in [0.3, 0.4) is 0 Å². The molecule has 1 atom stereocenters. The lowest BCUT2D eigenvalue weighted by atomic mass is 9.80. The summed E-state index contributed by atoms with van der Waals surface area (Å²) in [7, 11) is 0. The predicted molar refractivity (Wildman–Crippen MR) is 116 cm³/mol. The first-order valence-corrected chi connectivity index (χ1v) is 10.4. The maximum Gasteiger partial charge on any atom is 0.410 e. The molecule has 0 spiro atoms. The van der Waals surface area contributed by atoms with E-state index in [0.717, 1.165) is 36.3 Å². The smallest absolute Gasteiger partial charge is 0.410 e. The lowest BCUT2D eigenvalue weighted by Crippen LogP contribution is -2.50. The second kappa shape index (κ2) is 7.81. The third kappa shape index (κ3) is 4.80. The number of piperazine rings is 1. The molecular formula is C23H33N3O3. The van der Waals surface area contributed by atoms with Crippen LogP contribution in [0, 0.1) is 5.41 Å². The van der Waals surface area contributed by atoms with Crippen LogP contribution >= 0.6 is 0 Å². The highest BCUT2D eigenvalue weighted by molar-refractivity contribution is 6.07. The second-order valence-corrected chi connectivity index (χ2v) is 9.89. The maximum absolute atomic E-state index is 12.4. The van der Waals surface area contributed by atoms with Crippen LogP contribution in [0.15, 0.2) is 23.2 Å². The van der Waals surface area contributed by atoms with Crippen molar-refractivity contribution in [3.8, 4) is 0 Å². The molecule has 0 N–H and O–H groups in total. The minimum absolute atomic E-state index is 0.134. The molecule has 0 aliphatic carbocycles. The number of nitrogens with zero attached hydrogens (tertiary/aromatic N) is 3. The first-order chi connectivity index (χ1) is 13.5. The molecule has 1 aromatic carbocycles. The summed E-state index contributed by atoms with van der Waals surface area (Å²) in [5.41, 5.74) is 3.85. The molecule has 0 aromatic heterocycles. The Labute approximate surface area is 173 Å². The second-order valence-electron chi connectivity index (χ2n) is 9.89. The van der Waals surface area contributed by atoms with Crippen LogP contribution in [0.4, 0.5) is 10.5 Å². The molecule has 0 saturated carbocycles. The van der Waals surface area contributed by atoms with E-state index in [2.05, 4.69) is 43.9 Å². The maximum atomic E-state index is 12.4. The van der Waals surface area contributed by atoms with Gasteiger partial charge in [0.15, 0.2) is 0 Å². The van der Waals surface area contributed by atoms with Crippen LogP contribution < -0.4 is 4.90 Å². The number of hydrogen-bond donors (Lipinski definition) is 0. The number of carbonyl (C=O) groups excluding carboxylic acids is 2. The Kier molecular flexibility index (Phi) is 5.74. The van der Waals surface area contributed by atoms with E-state index in [9.17, 15) is 9.59 Å². The molecule has 3 rings (SSSR count). The van der Waals surface area contributed by atoms with Gasteiger partial charge < -0.3 is 19.3 Å². The molecule has 2 aliphatic rings. The third-order valence-corrected chi connectivity index (χ3v) is 5.25. The van der Waals surface area contributed by atoms with Gasteiger partial charge in [0, 0.05) is 55.0 Å². The molecule has 158 valence electrons. The van der Waals surface area contributed by atoms with Gasteiger partial charge in [-0.25, -0.2) is 4.79 Å². The first kappa shape index (κ1) is 21.3. The summed E-state index contributed by atoms with van der Waals surface area (Å²) in [6, 6.07) is 5.97. The van der Waals surface area contributed by atoms with Crippen molar-refractivity contribution in [2.75, 3.05) is 31.1 Å². The Hall–Kier alpha value is -2.37. The molecule has 0 radical (unpaired) electrons. The van der Waals surface area contributed by atoms with E-state index in [1.807, 2.05) is 20.8 Å². The van der Waals surface area contributed by atoms with Gasteiger partial charge in [-0.1, -0.05) is 32.9 Å². The summed E-state index contributed by atoms with van der Waals surface area (Å²) in [5, 5.41) is 0. The number of fused-ring (bicyclic) bond motifs is 1. The molecule has 1 saturated heterocycles. The zero-order chi connectivity index (χ0) is 21.4. The van der Waals surface area contributed by atoms with Gasteiger partial charge in [0.2, 0.25) is 0 Å². The predicted octanol–water partition coefficient (Wildman–Crippen LogP) is 3.70. The fourth-order valence-corrected chi connectivity index (χ4v) is 3.93. The van der Waals surface area contributed by atoms with Gasteiger partial charge in [-0.2, -0.15) is 0 Å². The molecule has 2 aliphatic heterocycles. The SMILES string of the molecule is CC(C)(C)OC(=O)N1CCN(c2cccc3c2C[C@H](C=O)N=C3C(C)(C)C)CC1. The normalized spacial score (nSPS) is 20.1. The Morgan fingerprint density at radius 3 is 2.31 bits per heavy atom. The van der Waals surface area contributed by atoms with Crippen molar-refractivity contribution in [1.29, 1.82) is 0 Å². The number of anilines is 1. The van der Waals surface area contributed by atoms with Crippen LogP contribution in [0.25, 0.3) is 0 Å². The topological polar surface area (TPSA) is 62.2 Å². The van der Waals surface area contributed by atoms with E-state index in [1.165, 1.54) is 5.56 Å². The van der Waals surface area contributed by atoms with Gasteiger partial charge in [0.25, 0.3) is 0 Å². The summed E-state index contributed by atoms with van der Waals surface area (Å²) in [6.07, 6.45) is 1.32. The van der Waals surface area contributed by atoms with E-state index < -0.39 is 5.60 Å². The molecule has 6 nitrogen and oxygen atoms in total. The van der Waals surface area contributed by atoms with E-state index >= 15 is 0 Å². The number of benzene rings is 1. The van der Waals surface area contributed by atoms with E-state index in [0.29, 0.717) is 19.5 Å². The summed E-state index contributed by atoms with van der Waals surface area (Å²) in [4.78, 5) is 32.8. The van der Waals surface area contributed by atoms with Crippen LogP contribution in [-0.4, -0.2) is 60.8 Å². The third-order valence-electron chi connectivity index (χ3n) is 5.25. The van der Waals surface area contributed by atoms with Gasteiger partial charge in [-0.05, 0) is 32.4 Å². The zero-order valence-corrected chi connectivity index (χ0v) is 18.5. The Morgan fingerprint density at radius 2 is 1.76 bits per heavy atom. The molecule has 0 bridgehead atoms. The quantitative estimate of drug-likeness (QED) is 0.712. The molecule has 2 heterocycles. The van der Waals surface area contributed by atoms with E-state index in [1.54, 1.807) is 4.90 Å². The fraction of sp³-hybridized carbons (Fsp3) is 0.609. The van der Waals surface area contributed by atoms with Crippen LogP contribution in [-0.2, 0) is 16.0 Å². The average molecular weight is 400 g/mol. The number of aliphatic imine (C=N–C) groups is 1. The van der Waals surface area contributed by atoms with Gasteiger partial charge >= 0.3 is 6.09 Å². The Morgan fingerprint density at radius 1 is 1.10 bits per heavy atom. The van der Waals surface area contributed by atoms with Gasteiger partial charge in [-0.15, -0.1) is 0 Å². The van der Waals surface area contributed by atoms with Crippen LogP contribution in [0.2, 0.25) is 0 Å². The number of amides is 1. The summed E-state index contributed by atoms with van der Waals surface area (Å²) >= 11 is 0. The number of rotatable bonds is 2. The highest BCUT2D eigenvalue weighted by Crippen LogP contribution is 2.35. The molecule has 29 heavy (non-hydrogen) atoms. The van der Waals surface area contributed by atoms with Crippen molar-refractivity contribution in [2.24, 2.45) is 10.4 Å². The van der Waals surface area contributed by atoms with E-state index in [4.69, 9.17) is 9.73 Å². The summed E-state index contributed by atoms with van der Waals surface area (Å²) < 4.78 is 5.50. The molecule has 1 aromatic rings. The highest BCUT2D eigenvalue weighted by Gasteiger charge is 2.32. The van der Waals surface area contributed by atoms with Crippen molar-refractivity contribution in [2.45, 2.75) is 59.6 Å². The molecule has 6 heteroatoms. The standard InChI is InChI=1S/C23H33N3O3/c1-22(2,3)20-17-8-7-9-19(18(17)14-16(15-27)24-20)25-10-12-26(13-11-25)21(28)29-23(4,5)6/h7-9,15-16H,10-14H2,1-6H3/t16-/m1/s1. The van der Waals surface area contributed by atoms with Crippen LogP contribution in [0.1, 0.15) is 52.7 Å². The lowest BCUT2D eigenvalue weighted by Gasteiger charge is -2.39. The summed E-state index contributed by atoms with van der Waals surface area (Å²) in [5.74, 6) is 0. The number of hydrogen-bond acceptors (Lipinski definition) is 5. The fourth-order valence-electron chi connectivity index (χ4n) is 3.93. The van der Waals surface area contributed by atoms with E-state index in [-0.39, 0.29) is 17.6 Å². The highest BCUT2D eigenvalue weighted by atomic mass is 16.6. The molecule has 1 fully saturated rings. The molecular weight excluding hydrogens is 366 g/mol. The van der Waals surface area contributed by atoms with Gasteiger partial charge in [0.1, 0.15) is 17.9 Å². The summed E-state index contributed by atoms with van der Waals surface area (Å²) in [6.45, 7) is 14.8. The minimum Gasteiger partial charge on any atom is -0.444 e. The number of carbonyl (C=O) groups is 2. The number of ether oxygens (including phenoxy) is 1. The zero-order valence-electron chi connectivity index (χ0n) is 18.5.